The first-order chi connectivity index (χ1) is 14.5. The van der Waals surface area contributed by atoms with Crippen molar-refractivity contribution in [2.24, 2.45) is 0 Å². The van der Waals surface area contributed by atoms with Crippen molar-refractivity contribution in [3.63, 3.8) is 0 Å². The van der Waals surface area contributed by atoms with Crippen LogP contribution < -0.4 is 15.0 Å². The number of carbonyl (C=O) groups excluding carboxylic acids is 2. The van der Waals surface area contributed by atoms with E-state index in [1.807, 2.05) is 29.2 Å². The molecule has 1 saturated heterocycles. The molecule has 1 aliphatic heterocycles. The summed E-state index contributed by atoms with van der Waals surface area (Å²) in [6.45, 7) is 3.72. The first kappa shape index (κ1) is 21.1. The van der Waals surface area contributed by atoms with E-state index in [1.165, 1.54) is 6.92 Å². The molecule has 8 nitrogen and oxygen atoms in total. The number of hydrogen-bond acceptors (Lipinski definition) is 6. The highest BCUT2D eigenvalue weighted by atomic mass is 16.5. The van der Waals surface area contributed by atoms with E-state index in [9.17, 15) is 14.9 Å². The number of methoxy groups -OCH3 is 1. The highest BCUT2D eigenvalue weighted by Gasteiger charge is 2.26. The van der Waals surface area contributed by atoms with Crippen LogP contribution in [0.1, 0.15) is 30.5 Å². The minimum Gasteiger partial charge on any atom is -0.497 e. The van der Waals surface area contributed by atoms with Gasteiger partial charge in [0.05, 0.1) is 25.1 Å². The van der Waals surface area contributed by atoms with Crippen molar-refractivity contribution in [3.05, 3.63) is 53.7 Å². The van der Waals surface area contributed by atoms with Crippen LogP contribution >= 0.6 is 0 Å². The van der Waals surface area contributed by atoms with Gasteiger partial charge in [-0.15, -0.1) is 0 Å². The fraction of sp³-hybridized carbons (Fsp3) is 0.364. The van der Waals surface area contributed by atoms with Gasteiger partial charge in [0.2, 0.25) is 11.8 Å². The number of amides is 2. The zero-order valence-corrected chi connectivity index (χ0v) is 17.2. The second-order valence-electron chi connectivity index (χ2n) is 7.08. The van der Waals surface area contributed by atoms with Crippen molar-refractivity contribution < 1.29 is 14.3 Å². The first-order valence-electron chi connectivity index (χ1n) is 9.80. The van der Waals surface area contributed by atoms with E-state index in [0.29, 0.717) is 43.3 Å². The van der Waals surface area contributed by atoms with Crippen molar-refractivity contribution in [1.29, 1.82) is 5.26 Å². The maximum Gasteiger partial charge on any atom is 0.225 e. The Hall–Kier alpha value is -3.60. The Labute approximate surface area is 176 Å². The minimum absolute atomic E-state index is 0.0225. The second kappa shape index (κ2) is 9.74. The maximum absolute atomic E-state index is 12.9. The number of nitrogens with zero attached hydrogens (tertiary/aromatic N) is 4. The molecule has 2 aromatic rings. The molecule has 2 amide bonds. The monoisotopic (exact) mass is 407 g/mol. The van der Waals surface area contributed by atoms with Gasteiger partial charge in [0.15, 0.2) is 0 Å². The third kappa shape index (κ3) is 5.06. The Morgan fingerprint density at radius 1 is 1.20 bits per heavy atom. The highest BCUT2D eigenvalue weighted by molar-refractivity contribution is 5.79. The predicted molar refractivity (Wildman–Crippen MR) is 112 cm³/mol. The average Bonchev–Trinajstić information content (AvgIpc) is 2.78. The first-order valence-corrected chi connectivity index (χ1v) is 9.80. The van der Waals surface area contributed by atoms with Gasteiger partial charge in [0.1, 0.15) is 17.6 Å². The normalized spacial score (nSPS) is 14.6. The molecular weight excluding hydrogens is 382 g/mol. The molecule has 0 saturated carbocycles. The number of hydrogen-bond donors (Lipinski definition) is 1. The minimum atomic E-state index is -0.403. The lowest BCUT2D eigenvalue weighted by Gasteiger charge is -2.36. The summed E-state index contributed by atoms with van der Waals surface area (Å²) in [5.41, 5.74) is 1.38. The Morgan fingerprint density at radius 2 is 1.90 bits per heavy atom. The number of nitriles is 1. The van der Waals surface area contributed by atoms with Crippen molar-refractivity contribution in [1.82, 2.24) is 15.2 Å². The SMILES string of the molecule is COc1ccc(C(CC(=O)N2CCN(c3ncccc3C#N)CC2)NC(C)=O)cc1. The predicted octanol–water partition coefficient (Wildman–Crippen LogP) is 1.88. The average molecular weight is 407 g/mol. The number of anilines is 1. The van der Waals surface area contributed by atoms with Crippen LogP contribution in [0.4, 0.5) is 5.82 Å². The molecule has 1 aromatic carbocycles. The fourth-order valence-electron chi connectivity index (χ4n) is 3.54. The van der Waals surface area contributed by atoms with Crippen LogP contribution in [0.3, 0.4) is 0 Å². The third-order valence-electron chi connectivity index (χ3n) is 5.11. The summed E-state index contributed by atoms with van der Waals surface area (Å²) in [6.07, 6.45) is 1.85. The molecule has 8 heteroatoms. The Kier molecular flexibility index (Phi) is 6.86. The van der Waals surface area contributed by atoms with Gasteiger partial charge in [0.25, 0.3) is 0 Å². The van der Waals surface area contributed by atoms with Crippen LogP contribution in [-0.2, 0) is 9.59 Å². The Bertz CT molecular complexity index is 931. The summed E-state index contributed by atoms with van der Waals surface area (Å²) in [5, 5.41) is 12.1. The Morgan fingerprint density at radius 3 is 2.50 bits per heavy atom. The molecule has 3 rings (SSSR count). The van der Waals surface area contributed by atoms with Gasteiger partial charge in [-0.05, 0) is 29.8 Å². The quantitative estimate of drug-likeness (QED) is 0.785. The molecule has 30 heavy (non-hydrogen) atoms. The van der Waals surface area contributed by atoms with Crippen LogP contribution in [-0.4, -0.2) is 55.0 Å². The molecule has 0 aliphatic carbocycles. The van der Waals surface area contributed by atoms with Gasteiger partial charge in [0, 0.05) is 39.3 Å². The summed E-state index contributed by atoms with van der Waals surface area (Å²) in [4.78, 5) is 32.7. The summed E-state index contributed by atoms with van der Waals surface area (Å²) in [6, 6.07) is 12.6. The van der Waals surface area contributed by atoms with Gasteiger partial charge >= 0.3 is 0 Å². The number of rotatable bonds is 6. The number of benzene rings is 1. The van der Waals surface area contributed by atoms with Gasteiger partial charge in [-0.25, -0.2) is 4.98 Å². The van der Waals surface area contributed by atoms with Crippen LogP contribution in [0, 0.1) is 11.3 Å². The van der Waals surface area contributed by atoms with Crippen molar-refractivity contribution in [3.8, 4) is 11.8 Å². The topological polar surface area (TPSA) is 98.6 Å². The zero-order valence-electron chi connectivity index (χ0n) is 17.2. The molecular formula is C22H25N5O3. The van der Waals surface area contributed by atoms with Crippen molar-refractivity contribution in [2.45, 2.75) is 19.4 Å². The van der Waals surface area contributed by atoms with E-state index in [0.717, 1.165) is 5.56 Å². The molecule has 1 unspecified atom stereocenters. The molecule has 0 radical (unpaired) electrons. The van der Waals surface area contributed by atoms with Crippen LogP contribution in [0.2, 0.25) is 0 Å². The molecule has 1 fully saturated rings. The number of ether oxygens (including phenoxy) is 1. The van der Waals surface area contributed by atoms with E-state index in [4.69, 9.17) is 4.74 Å². The van der Waals surface area contributed by atoms with Crippen LogP contribution in [0.15, 0.2) is 42.6 Å². The smallest absolute Gasteiger partial charge is 0.225 e. The van der Waals surface area contributed by atoms with Crippen molar-refractivity contribution in [2.75, 3.05) is 38.2 Å². The van der Waals surface area contributed by atoms with E-state index in [1.54, 1.807) is 30.3 Å². The maximum atomic E-state index is 12.9. The van der Waals surface area contributed by atoms with Crippen LogP contribution in [0.5, 0.6) is 5.75 Å². The molecule has 156 valence electrons. The molecule has 0 spiro atoms. The number of nitrogens with one attached hydrogen (secondary N) is 1. The Balaban J connectivity index is 1.64. The third-order valence-corrected chi connectivity index (χ3v) is 5.11. The molecule has 1 atom stereocenters. The standard InChI is InChI=1S/C22H25N5O3/c1-16(28)25-20(17-5-7-19(30-2)8-6-17)14-21(29)26-10-12-27(13-11-26)22-18(15-23)4-3-9-24-22/h3-9,20H,10-14H2,1-2H3,(H,25,28). The van der Waals surface area contributed by atoms with Gasteiger partial charge in [-0.1, -0.05) is 12.1 Å². The lowest BCUT2D eigenvalue weighted by molar-refractivity contribution is -0.132. The molecule has 2 heterocycles. The largest absolute Gasteiger partial charge is 0.497 e. The summed E-state index contributed by atoms with van der Waals surface area (Å²) in [5.74, 6) is 1.16. The summed E-state index contributed by atoms with van der Waals surface area (Å²) >= 11 is 0. The summed E-state index contributed by atoms with van der Waals surface area (Å²) in [7, 11) is 1.59. The number of piperazine rings is 1. The van der Waals surface area contributed by atoms with E-state index < -0.39 is 6.04 Å². The van der Waals surface area contributed by atoms with E-state index >= 15 is 0 Å². The van der Waals surface area contributed by atoms with E-state index in [-0.39, 0.29) is 18.2 Å². The van der Waals surface area contributed by atoms with Crippen molar-refractivity contribution >= 4 is 17.6 Å². The molecule has 1 N–H and O–H groups in total. The lowest BCUT2D eigenvalue weighted by atomic mass is 10.0. The number of carbonyl (C=O) groups is 2. The zero-order chi connectivity index (χ0) is 21.5. The van der Waals surface area contributed by atoms with E-state index in [2.05, 4.69) is 16.4 Å². The van der Waals surface area contributed by atoms with Gasteiger partial charge in [-0.2, -0.15) is 5.26 Å². The second-order valence-corrected chi connectivity index (χ2v) is 7.08. The van der Waals surface area contributed by atoms with Gasteiger partial charge < -0.3 is 19.9 Å². The lowest BCUT2D eigenvalue weighted by Crippen LogP contribution is -2.49. The summed E-state index contributed by atoms with van der Waals surface area (Å²) < 4.78 is 5.18. The number of aromatic nitrogens is 1. The van der Waals surface area contributed by atoms with Crippen LogP contribution in [0.25, 0.3) is 0 Å². The molecule has 1 aliphatic rings. The molecule has 1 aromatic heterocycles. The number of pyridine rings is 1. The fourth-order valence-corrected chi connectivity index (χ4v) is 3.54. The highest BCUT2D eigenvalue weighted by Crippen LogP contribution is 2.23. The van der Waals surface area contributed by atoms with Gasteiger partial charge in [-0.3, -0.25) is 9.59 Å². The molecule has 0 bridgehead atoms.